The molecule has 0 aliphatic heterocycles. The second kappa shape index (κ2) is 4.73. The van der Waals surface area contributed by atoms with Crippen molar-refractivity contribution in [3.8, 4) is 0 Å². The summed E-state index contributed by atoms with van der Waals surface area (Å²) in [4.78, 5) is 10.8. The second-order valence-electron chi connectivity index (χ2n) is 2.41. The van der Waals surface area contributed by atoms with Crippen LogP contribution in [0.25, 0.3) is 0 Å². The van der Waals surface area contributed by atoms with Crippen LogP contribution in [0, 0.1) is 0 Å². The summed E-state index contributed by atoms with van der Waals surface area (Å²) in [5, 5.41) is 0.541. The summed E-state index contributed by atoms with van der Waals surface area (Å²) in [6, 6.07) is 8.66. The first-order chi connectivity index (χ1) is 6.24. The van der Waals surface area contributed by atoms with Gasteiger partial charge in [-0.25, -0.2) is 9.32 Å². The minimum Gasteiger partial charge on any atom is -0.247 e. The van der Waals surface area contributed by atoms with Gasteiger partial charge in [-0.1, -0.05) is 25.1 Å². The van der Waals surface area contributed by atoms with E-state index in [2.05, 4.69) is 4.52 Å². The van der Waals surface area contributed by atoms with Crippen molar-refractivity contribution < 1.29 is 13.9 Å². The van der Waals surface area contributed by atoms with E-state index < -0.39 is 14.0 Å². The fourth-order valence-electron chi connectivity index (χ4n) is 0.759. The summed E-state index contributed by atoms with van der Waals surface area (Å²) >= 11 is 0. The Morgan fingerprint density at radius 2 is 2.00 bits per heavy atom. The molecule has 1 atom stereocenters. The molecule has 0 bridgehead atoms. The van der Waals surface area contributed by atoms with E-state index in [0.29, 0.717) is 5.30 Å². The van der Waals surface area contributed by atoms with Crippen molar-refractivity contribution in [1.82, 2.24) is 0 Å². The topological polar surface area (TPSA) is 43.4 Å². The number of hydrogen-bond acceptors (Lipinski definition) is 3. The lowest BCUT2D eigenvalue weighted by Crippen LogP contribution is -2.02. The smallest absolute Gasteiger partial charge is 0.247 e. The molecule has 68 valence electrons. The normalized spacial score (nSPS) is 10.7. The Morgan fingerprint density at radius 1 is 1.38 bits per heavy atom. The molecule has 0 amide bonds. The largest absolute Gasteiger partial charge is 0.600 e. The molecule has 0 saturated carbocycles. The molecule has 0 aliphatic rings. The van der Waals surface area contributed by atoms with Gasteiger partial charge in [0, 0.05) is 6.42 Å². The molecule has 0 radical (unpaired) electrons. The molecule has 0 saturated heterocycles. The van der Waals surface area contributed by atoms with Gasteiger partial charge < -0.3 is 0 Å². The second-order valence-corrected chi connectivity index (χ2v) is 3.62. The predicted octanol–water partition coefficient (Wildman–Crippen LogP) is 2.01. The number of carbonyl (C=O) groups excluding carboxylic acids is 1. The van der Waals surface area contributed by atoms with E-state index in [1.54, 1.807) is 31.2 Å². The van der Waals surface area contributed by atoms with Crippen LogP contribution in [0.4, 0.5) is 0 Å². The van der Waals surface area contributed by atoms with Gasteiger partial charge in [-0.15, -0.1) is 0 Å². The van der Waals surface area contributed by atoms with Crippen LogP contribution in [0.2, 0.25) is 0 Å². The zero-order valence-electron chi connectivity index (χ0n) is 7.27. The fourth-order valence-corrected chi connectivity index (χ4v) is 1.59. The summed E-state index contributed by atoms with van der Waals surface area (Å²) in [6.07, 6.45) is 0.244. The average molecular weight is 197 g/mol. The van der Waals surface area contributed by atoms with Gasteiger partial charge in [0.05, 0.1) is 0 Å². The van der Waals surface area contributed by atoms with Gasteiger partial charge in [-0.2, -0.15) is 0 Å². The Hall–Kier alpha value is -1.21. The first kappa shape index (κ1) is 9.87. The van der Waals surface area contributed by atoms with Crippen molar-refractivity contribution in [2.75, 3.05) is 0 Å². The van der Waals surface area contributed by atoms with Crippen molar-refractivity contribution in [3.63, 3.8) is 0 Å². The highest BCUT2D eigenvalue weighted by Crippen LogP contribution is 2.21. The maximum atomic E-state index is 11.3. The summed E-state index contributed by atoms with van der Waals surface area (Å²) in [5.41, 5.74) is 0. The summed E-state index contributed by atoms with van der Waals surface area (Å²) in [6.45, 7) is 1.66. The van der Waals surface area contributed by atoms with Crippen LogP contribution in [-0.2, 0) is 13.9 Å². The van der Waals surface area contributed by atoms with Crippen LogP contribution in [-0.4, -0.2) is 5.97 Å². The van der Waals surface area contributed by atoms with E-state index in [0.717, 1.165) is 0 Å². The quantitative estimate of drug-likeness (QED) is 0.696. The molecule has 0 heterocycles. The zero-order chi connectivity index (χ0) is 9.68. The molecule has 0 aromatic heterocycles. The molecule has 0 spiro atoms. The Labute approximate surface area is 77.6 Å². The van der Waals surface area contributed by atoms with E-state index >= 15 is 0 Å². The lowest BCUT2D eigenvalue weighted by Gasteiger charge is -1.87. The molecule has 0 N–H and O–H groups in total. The highest BCUT2D eigenvalue weighted by Gasteiger charge is 2.25. The maximum absolute atomic E-state index is 11.3. The van der Waals surface area contributed by atoms with Crippen LogP contribution < -0.4 is 5.30 Å². The standard InChI is InChI=1S/C9H10O3P/c1-2-9(10)12-13(11)8-6-4-3-5-7-8/h3-7H,2H2,1H3/q+1. The van der Waals surface area contributed by atoms with E-state index in [9.17, 15) is 9.36 Å². The Morgan fingerprint density at radius 3 is 2.54 bits per heavy atom. The summed E-state index contributed by atoms with van der Waals surface area (Å²) in [5.74, 6) is -0.440. The minimum atomic E-state index is -2.02. The highest BCUT2D eigenvalue weighted by molar-refractivity contribution is 7.48. The van der Waals surface area contributed by atoms with Gasteiger partial charge in [0.2, 0.25) is 5.30 Å². The van der Waals surface area contributed by atoms with Crippen molar-refractivity contribution in [2.24, 2.45) is 0 Å². The maximum Gasteiger partial charge on any atom is 0.600 e. The third-order valence-electron chi connectivity index (χ3n) is 1.44. The van der Waals surface area contributed by atoms with E-state index in [-0.39, 0.29) is 6.42 Å². The molecule has 1 rings (SSSR count). The van der Waals surface area contributed by atoms with Gasteiger partial charge >= 0.3 is 14.0 Å². The van der Waals surface area contributed by atoms with Crippen molar-refractivity contribution in [1.29, 1.82) is 0 Å². The van der Waals surface area contributed by atoms with Crippen LogP contribution in [0.1, 0.15) is 13.3 Å². The molecule has 0 fully saturated rings. The van der Waals surface area contributed by atoms with E-state index in [1.807, 2.05) is 6.07 Å². The number of hydrogen-bond donors (Lipinski definition) is 0. The molecule has 13 heavy (non-hydrogen) atoms. The van der Waals surface area contributed by atoms with Gasteiger partial charge in [-0.3, -0.25) is 0 Å². The first-order valence-corrected chi connectivity index (χ1v) is 5.15. The SMILES string of the molecule is CCC(=O)O[P+](=O)c1ccccc1. The van der Waals surface area contributed by atoms with Crippen LogP contribution >= 0.6 is 8.03 Å². The molecular weight excluding hydrogens is 187 g/mol. The minimum absolute atomic E-state index is 0.244. The van der Waals surface area contributed by atoms with Crippen LogP contribution in [0.15, 0.2) is 30.3 Å². The predicted molar refractivity (Wildman–Crippen MR) is 50.1 cm³/mol. The molecule has 4 heteroatoms. The molecule has 1 aromatic rings. The lowest BCUT2D eigenvalue weighted by molar-refractivity contribution is -0.133. The van der Waals surface area contributed by atoms with Gasteiger partial charge in [0.1, 0.15) is 0 Å². The van der Waals surface area contributed by atoms with E-state index in [4.69, 9.17) is 0 Å². The van der Waals surface area contributed by atoms with Crippen molar-refractivity contribution in [3.05, 3.63) is 30.3 Å². The molecule has 1 unspecified atom stereocenters. The molecular formula is C9H10O3P+. The Bertz CT molecular complexity index is 308. The summed E-state index contributed by atoms with van der Waals surface area (Å²) < 4.78 is 16.0. The highest BCUT2D eigenvalue weighted by atomic mass is 31.1. The third-order valence-corrected chi connectivity index (χ3v) is 2.53. The zero-order valence-corrected chi connectivity index (χ0v) is 8.16. The molecule has 3 nitrogen and oxygen atoms in total. The Kier molecular flexibility index (Phi) is 3.59. The lowest BCUT2D eigenvalue weighted by atomic mass is 10.4. The average Bonchev–Trinajstić information content (AvgIpc) is 2.19. The van der Waals surface area contributed by atoms with Gasteiger partial charge in [-0.05, 0) is 16.7 Å². The summed E-state index contributed by atoms with van der Waals surface area (Å²) in [7, 11) is -2.02. The Balaban J connectivity index is 2.65. The molecule has 0 aliphatic carbocycles. The molecule has 1 aromatic carbocycles. The number of benzene rings is 1. The number of rotatable bonds is 3. The monoisotopic (exact) mass is 197 g/mol. The van der Waals surface area contributed by atoms with Gasteiger partial charge in [0.15, 0.2) is 0 Å². The van der Waals surface area contributed by atoms with Crippen molar-refractivity contribution in [2.45, 2.75) is 13.3 Å². The number of carbonyl (C=O) groups is 1. The van der Waals surface area contributed by atoms with Gasteiger partial charge in [0.25, 0.3) is 0 Å². The van der Waals surface area contributed by atoms with Crippen LogP contribution in [0.5, 0.6) is 0 Å². The fraction of sp³-hybridized carbons (Fsp3) is 0.222. The first-order valence-electron chi connectivity index (χ1n) is 3.97. The van der Waals surface area contributed by atoms with E-state index in [1.165, 1.54) is 0 Å². The van der Waals surface area contributed by atoms with Crippen LogP contribution in [0.3, 0.4) is 0 Å². The third kappa shape index (κ3) is 2.96. The van der Waals surface area contributed by atoms with Crippen molar-refractivity contribution >= 4 is 19.3 Å².